The van der Waals surface area contributed by atoms with E-state index in [2.05, 4.69) is 4.98 Å². The molecule has 0 unspecified atom stereocenters. The molecule has 2 heterocycles. The molecule has 0 saturated carbocycles. The lowest BCUT2D eigenvalue weighted by molar-refractivity contribution is 0.0717. The molecule has 158 valence electrons. The Labute approximate surface area is 182 Å². The lowest BCUT2D eigenvalue weighted by atomic mass is 10.1. The summed E-state index contributed by atoms with van der Waals surface area (Å²) in [6, 6.07) is 22.8. The summed E-state index contributed by atoms with van der Waals surface area (Å²) in [5.41, 5.74) is 0.982. The number of aromatic nitrogens is 1. The number of amides is 1. The monoisotopic (exact) mass is 426 g/mol. The summed E-state index contributed by atoms with van der Waals surface area (Å²) >= 11 is 0. The van der Waals surface area contributed by atoms with Crippen molar-refractivity contribution in [1.82, 2.24) is 9.88 Å². The highest BCUT2D eigenvalue weighted by Crippen LogP contribution is 2.20. The number of H-pyrrole nitrogens is 1. The van der Waals surface area contributed by atoms with Crippen LogP contribution in [0.15, 0.2) is 94.3 Å². The Morgan fingerprint density at radius 2 is 1.69 bits per heavy atom. The fourth-order valence-electron chi connectivity index (χ4n) is 3.84. The third-order valence-electron chi connectivity index (χ3n) is 5.46. The second-order valence-corrected chi connectivity index (χ2v) is 7.66. The molecule has 32 heavy (non-hydrogen) atoms. The van der Waals surface area contributed by atoms with E-state index in [0.717, 1.165) is 10.8 Å². The number of pyridine rings is 1. The normalized spacial score (nSPS) is 11.2. The van der Waals surface area contributed by atoms with Crippen molar-refractivity contribution in [2.24, 2.45) is 0 Å². The molecule has 2 aromatic heterocycles. The van der Waals surface area contributed by atoms with Crippen LogP contribution in [-0.4, -0.2) is 15.8 Å². The molecule has 1 N–H and O–H groups in total. The maximum absolute atomic E-state index is 13.5. The number of hydrogen-bond donors (Lipinski definition) is 1. The van der Waals surface area contributed by atoms with Crippen LogP contribution in [-0.2, 0) is 13.1 Å². The van der Waals surface area contributed by atoms with Gasteiger partial charge < -0.3 is 14.3 Å². The third-order valence-corrected chi connectivity index (χ3v) is 5.46. The Bertz CT molecular complexity index is 1490. The predicted molar refractivity (Wildman–Crippen MR) is 121 cm³/mol. The number of hydrogen-bond acceptors (Lipinski definition) is 3. The van der Waals surface area contributed by atoms with Gasteiger partial charge in [0.2, 0.25) is 0 Å². The summed E-state index contributed by atoms with van der Waals surface area (Å²) in [6.07, 6.45) is 1.55. The maximum Gasteiger partial charge on any atom is 0.254 e. The van der Waals surface area contributed by atoms with Gasteiger partial charge in [0.1, 0.15) is 11.6 Å². The highest BCUT2D eigenvalue weighted by atomic mass is 19.1. The summed E-state index contributed by atoms with van der Waals surface area (Å²) in [5.74, 6) is -0.0315. The molecule has 0 saturated heterocycles. The number of benzene rings is 3. The largest absolute Gasteiger partial charge is 0.467 e. The van der Waals surface area contributed by atoms with Crippen LogP contribution in [0.4, 0.5) is 4.39 Å². The number of halogens is 1. The molecule has 1 amide bonds. The molecule has 3 aromatic carbocycles. The zero-order valence-electron chi connectivity index (χ0n) is 17.0. The first kappa shape index (κ1) is 19.8. The van der Waals surface area contributed by atoms with Crippen LogP contribution in [0.2, 0.25) is 0 Å². The quantitative estimate of drug-likeness (QED) is 0.417. The number of furan rings is 1. The minimum Gasteiger partial charge on any atom is -0.467 e. The minimum absolute atomic E-state index is 0.0784. The zero-order chi connectivity index (χ0) is 22.1. The average Bonchev–Trinajstić information content (AvgIpc) is 3.31. The lowest BCUT2D eigenvalue weighted by Crippen LogP contribution is -2.32. The topological polar surface area (TPSA) is 66.3 Å². The molecule has 0 atom stereocenters. The SMILES string of the molecule is O=C(c1ccc2ccccc2c1)N(Cc1ccco1)Cc1cc2ccc(F)cc2[nH]c1=O. The Kier molecular flexibility index (Phi) is 5.03. The van der Waals surface area contributed by atoms with Crippen LogP contribution >= 0.6 is 0 Å². The number of rotatable bonds is 5. The Balaban J connectivity index is 1.52. The molecule has 5 nitrogen and oxygen atoms in total. The Morgan fingerprint density at radius 1 is 0.875 bits per heavy atom. The molecular formula is C26H19FN2O3. The second kappa shape index (κ2) is 8.15. The first-order valence-corrected chi connectivity index (χ1v) is 10.2. The molecule has 0 bridgehead atoms. The summed E-state index contributed by atoms with van der Waals surface area (Å²) in [7, 11) is 0. The lowest BCUT2D eigenvalue weighted by Gasteiger charge is -2.22. The predicted octanol–water partition coefficient (Wildman–Crippen LogP) is 5.26. The zero-order valence-corrected chi connectivity index (χ0v) is 17.0. The highest BCUT2D eigenvalue weighted by molar-refractivity contribution is 5.98. The van der Waals surface area contributed by atoms with Gasteiger partial charge in [-0.05, 0) is 64.7 Å². The molecule has 0 spiro atoms. The molecule has 5 rings (SSSR count). The Hall–Kier alpha value is -4.19. The van der Waals surface area contributed by atoms with Crippen LogP contribution in [0.3, 0.4) is 0 Å². The summed E-state index contributed by atoms with van der Waals surface area (Å²) in [6.45, 7) is 0.286. The number of carbonyl (C=O) groups excluding carboxylic acids is 1. The molecule has 0 radical (unpaired) electrons. The van der Waals surface area contributed by atoms with Gasteiger partial charge >= 0.3 is 0 Å². The number of fused-ring (bicyclic) bond motifs is 2. The smallest absolute Gasteiger partial charge is 0.254 e. The van der Waals surface area contributed by atoms with Gasteiger partial charge in [-0.1, -0.05) is 30.3 Å². The van der Waals surface area contributed by atoms with Crippen LogP contribution in [0, 0.1) is 5.82 Å². The van der Waals surface area contributed by atoms with Crippen molar-refractivity contribution in [2.45, 2.75) is 13.1 Å². The number of carbonyl (C=O) groups is 1. The molecule has 0 fully saturated rings. The van der Waals surface area contributed by atoms with Crippen molar-refractivity contribution in [3.8, 4) is 0 Å². The van der Waals surface area contributed by atoms with Crippen molar-refractivity contribution in [3.63, 3.8) is 0 Å². The van der Waals surface area contributed by atoms with E-state index in [4.69, 9.17) is 4.42 Å². The molecule has 0 aliphatic rings. The number of nitrogens with one attached hydrogen (secondary N) is 1. The van der Waals surface area contributed by atoms with Gasteiger partial charge in [0, 0.05) is 11.1 Å². The number of nitrogens with zero attached hydrogens (tertiary/aromatic N) is 1. The molecule has 0 aliphatic carbocycles. The molecule has 6 heteroatoms. The van der Waals surface area contributed by atoms with E-state index in [0.29, 0.717) is 27.8 Å². The van der Waals surface area contributed by atoms with E-state index in [1.54, 1.807) is 41.5 Å². The first-order chi connectivity index (χ1) is 15.6. The Morgan fingerprint density at radius 3 is 2.50 bits per heavy atom. The molecule has 0 aliphatic heterocycles. The van der Waals surface area contributed by atoms with E-state index in [9.17, 15) is 14.0 Å². The second-order valence-electron chi connectivity index (χ2n) is 7.66. The van der Waals surface area contributed by atoms with Crippen LogP contribution in [0.5, 0.6) is 0 Å². The van der Waals surface area contributed by atoms with Crippen LogP contribution in [0.25, 0.3) is 21.7 Å². The van der Waals surface area contributed by atoms with Gasteiger partial charge in [0.05, 0.1) is 24.9 Å². The van der Waals surface area contributed by atoms with Crippen molar-refractivity contribution < 1.29 is 13.6 Å². The van der Waals surface area contributed by atoms with Gasteiger partial charge in [0.15, 0.2) is 0 Å². The van der Waals surface area contributed by atoms with Crippen molar-refractivity contribution in [3.05, 3.63) is 118 Å². The van der Waals surface area contributed by atoms with E-state index in [1.807, 2.05) is 36.4 Å². The summed E-state index contributed by atoms with van der Waals surface area (Å²) < 4.78 is 19.0. The van der Waals surface area contributed by atoms with E-state index < -0.39 is 5.82 Å². The van der Waals surface area contributed by atoms with Gasteiger partial charge in [-0.3, -0.25) is 9.59 Å². The van der Waals surface area contributed by atoms with Gasteiger partial charge in [-0.15, -0.1) is 0 Å². The maximum atomic E-state index is 13.5. The number of aromatic amines is 1. The summed E-state index contributed by atoms with van der Waals surface area (Å²) in [4.78, 5) is 30.4. The van der Waals surface area contributed by atoms with Crippen molar-refractivity contribution in [2.75, 3.05) is 0 Å². The highest BCUT2D eigenvalue weighted by Gasteiger charge is 2.20. The van der Waals surface area contributed by atoms with E-state index >= 15 is 0 Å². The fraction of sp³-hybridized carbons (Fsp3) is 0.0769. The average molecular weight is 426 g/mol. The van der Waals surface area contributed by atoms with Crippen molar-refractivity contribution in [1.29, 1.82) is 0 Å². The standard InChI is InChI=1S/C26H19FN2O3/c27-22-10-9-19-13-21(25(30)28-24(19)14-22)15-29(16-23-6-3-11-32-23)26(31)20-8-7-17-4-1-2-5-18(17)12-20/h1-14H,15-16H2,(H,28,30). The van der Waals surface area contributed by atoms with E-state index in [1.165, 1.54) is 12.1 Å². The third kappa shape index (κ3) is 3.90. The fourth-order valence-corrected chi connectivity index (χ4v) is 3.84. The van der Waals surface area contributed by atoms with E-state index in [-0.39, 0.29) is 24.6 Å². The van der Waals surface area contributed by atoms with Crippen LogP contribution in [0.1, 0.15) is 21.7 Å². The van der Waals surface area contributed by atoms with Gasteiger partial charge in [-0.25, -0.2) is 4.39 Å². The van der Waals surface area contributed by atoms with Gasteiger partial charge in [-0.2, -0.15) is 0 Å². The molecule has 5 aromatic rings. The van der Waals surface area contributed by atoms with Gasteiger partial charge in [0.25, 0.3) is 11.5 Å². The van der Waals surface area contributed by atoms with Crippen molar-refractivity contribution >= 4 is 27.6 Å². The summed E-state index contributed by atoms with van der Waals surface area (Å²) in [5, 5.41) is 2.69. The minimum atomic E-state index is -0.424. The first-order valence-electron chi connectivity index (χ1n) is 10.2. The van der Waals surface area contributed by atoms with Crippen LogP contribution < -0.4 is 5.56 Å². The molecular weight excluding hydrogens is 407 g/mol.